The Morgan fingerprint density at radius 2 is 1.74 bits per heavy atom. The Balaban J connectivity index is 1.31. The molecule has 9 heteroatoms. The highest BCUT2D eigenvalue weighted by Crippen LogP contribution is 2.28. The quantitative estimate of drug-likeness (QED) is 0.538. The zero-order chi connectivity index (χ0) is 24.5. The smallest absolute Gasteiger partial charge is 0.274 e. The molecule has 0 aliphatic carbocycles. The molecular weight excluding hydrogens is 468 g/mol. The first-order chi connectivity index (χ1) is 16.9. The summed E-state index contributed by atoms with van der Waals surface area (Å²) >= 11 is 6.20. The molecule has 2 atom stereocenters. The Morgan fingerprint density at radius 1 is 1.00 bits per heavy atom. The second-order valence-electron chi connectivity index (χ2n) is 9.35. The maximum atomic E-state index is 13.4. The van der Waals surface area contributed by atoms with Crippen molar-refractivity contribution in [2.24, 2.45) is 5.92 Å². The van der Waals surface area contributed by atoms with E-state index in [2.05, 4.69) is 5.10 Å². The zero-order valence-corrected chi connectivity index (χ0v) is 20.6. The molecule has 0 spiro atoms. The number of morpholine rings is 1. The summed E-state index contributed by atoms with van der Waals surface area (Å²) in [6, 6.07) is 12.7. The first kappa shape index (κ1) is 23.6. The van der Waals surface area contributed by atoms with Gasteiger partial charge in [0.1, 0.15) is 5.69 Å². The summed E-state index contributed by atoms with van der Waals surface area (Å²) in [5.41, 5.74) is 1.74. The van der Waals surface area contributed by atoms with E-state index >= 15 is 0 Å². The highest BCUT2D eigenvalue weighted by Gasteiger charge is 2.34. The molecule has 0 saturated carbocycles. The predicted molar refractivity (Wildman–Crippen MR) is 131 cm³/mol. The number of aromatic nitrogens is 2. The van der Waals surface area contributed by atoms with Gasteiger partial charge in [-0.2, -0.15) is 5.10 Å². The minimum Gasteiger partial charge on any atom is -0.463 e. The molecule has 2 amide bonds. The van der Waals surface area contributed by atoms with Gasteiger partial charge in [0, 0.05) is 43.2 Å². The van der Waals surface area contributed by atoms with Gasteiger partial charge in [-0.3, -0.25) is 9.59 Å². The highest BCUT2D eigenvalue weighted by molar-refractivity contribution is 6.30. The van der Waals surface area contributed by atoms with Crippen LogP contribution >= 0.6 is 11.6 Å². The topological polar surface area (TPSA) is 80.8 Å². The van der Waals surface area contributed by atoms with Crippen molar-refractivity contribution >= 4 is 23.4 Å². The van der Waals surface area contributed by atoms with Crippen LogP contribution in [0.15, 0.2) is 53.1 Å². The molecule has 0 bridgehead atoms. The maximum Gasteiger partial charge on any atom is 0.274 e. The van der Waals surface area contributed by atoms with Crippen LogP contribution in [0, 0.1) is 5.92 Å². The minimum absolute atomic E-state index is 0.0438. The maximum absolute atomic E-state index is 13.4. The number of carbonyl (C=O) groups is 2. The van der Waals surface area contributed by atoms with Gasteiger partial charge in [0.25, 0.3) is 5.91 Å². The van der Waals surface area contributed by atoms with Gasteiger partial charge in [-0.1, -0.05) is 17.7 Å². The number of ether oxygens (including phenoxy) is 1. The van der Waals surface area contributed by atoms with Gasteiger partial charge in [-0.25, -0.2) is 4.68 Å². The number of halogens is 1. The number of amides is 2. The number of rotatable bonds is 4. The van der Waals surface area contributed by atoms with E-state index in [0.717, 1.165) is 5.69 Å². The van der Waals surface area contributed by atoms with E-state index in [4.69, 9.17) is 20.8 Å². The Kier molecular flexibility index (Phi) is 6.67. The Morgan fingerprint density at radius 3 is 2.40 bits per heavy atom. The Bertz CT molecular complexity index is 1190. The number of piperidine rings is 1. The van der Waals surface area contributed by atoms with Gasteiger partial charge >= 0.3 is 0 Å². The third-order valence-corrected chi connectivity index (χ3v) is 6.85. The van der Waals surface area contributed by atoms with Crippen LogP contribution in [0.4, 0.5) is 0 Å². The molecule has 2 saturated heterocycles. The summed E-state index contributed by atoms with van der Waals surface area (Å²) in [6.45, 7) is 6.28. The second kappa shape index (κ2) is 9.87. The predicted octanol–water partition coefficient (Wildman–Crippen LogP) is 4.27. The molecule has 2 aromatic heterocycles. The van der Waals surface area contributed by atoms with E-state index in [-0.39, 0.29) is 29.9 Å². The molecule has 4 heterocycles. The van der Waals surface area contributed by atoms with Crippen LogP contribution < -0.4 is 0 Å². The summed E-state index contributed by atoms with van der Waals surface area (Å²) in [6.07, 6.45) is 2.96. The number of hydrogen-bond donors (Lipinski definition) is 0. The van der Waals surface area contributed by atoms with Crippen LogP contribution in [0.1, 0.15) is 37.2 Å². The number of benzene rings is 1. The summed E-state index contributed by atoms with van der Waals surface area (Å²) in [7, 11) is 0. The van der Waals surface area contributed by atoms with Crippen molar-refractivity contribution < 1.29 is 18.7 Å². The lowest BCUT2D eigenvalue weighted by Gasteiger charge is -2.39. The summed E-state index contributed by atoms with van der Waals surface area (Å²) < 4.78 is 13.0. The molecule has 2 aliphatic heterocycles. The van der Waals surface area contributed by atoms with E-state index in [1.165, 1.54) is 0 Å². The van der Waals surface area contributed by atoms with Crippen molar-refractivity contribution in [3.8, 4) is 17.1 Å². The molecule has 5 rings (SSSR count). The average Bonchev–Trinajstić information content (AvgIpc) is 3.53. The molecule has 35 heavy (non-hydrogen) atoms. The minimum atomic E-state index is -0.155. The Labute approximate surface area is 209 Å². The van der Waals surface area contributed by atoms with Crippen LogP contribution in [0.2, 0.25) is 5.02 Å². The van der Waals surface area contributed by atoms with Crippen LogP contribution in [0.25, 0.3) is 17.1 Å². The van der Waals surface area contributed by atoms with Gasteiger partial charge in [0.2, 0.25) is 5.91 Å². The molecule has 2 unspecified atom stereocenters. The van der Waals surface area contributed by atoms with Crippen LogP contribution in [-0.2, 0) is 9.53 Å². The standard InChI is InChI=1S/C26H29ClN4O4/c1-17-15-30(16-18(2)35-17)25(32)19-8-10-29(11-9-19)26(33)22-14-23(24-7-4-12-34-24)31(28-22)21-6-3-5-20(27)13-21/h3-7,12-14,17-19H,8-11,15-16H2,1-2H3. The van der Waals surface area contributed by atoms with Crippen molar-refractivity contribution in [2.75, 3.05) is 26.2 Å². The molecule has 3 aromatic rings. The normalized spacial score (nSPS) is 21.3. The van der Waals surface area contributed by atoms with Crippen molar-refractivity contribution in [2.45, 2.75) is 38.9 Å². The second-order valence-corrected chi connectivity index (χ2v) is 9.79. The zero-order valence-electron chi connectivity index (χ0n) is 19.9. The van der Waals surface area contributed by atoms with Crippen LogP contribution in [-0.4, -0.2) is 69.8 Å². The van der Waals surface area contributed by atoms with E-state index < -0.39 is 0 Å². The summed E-state index contributed by atoms with van der Waals surface area (Å²) in [5, 5.41) is 5.19. The fraction of sp³-hybridized carbons (Fsp3) is 0.423. The Hall–Kier alpha value is -3.10. The van der Waals surface area contributed by atoms with Gasteiger partial charge in [0.15, 0.2) is 11.5 Å². The average molecular weight is 497 g/mol. The lowest BCUT2D eigenvalue weighted by atomic mass is 9.94. The van der Waals surface area contributed by atoms with Crippen molar-refractivity contribution in [3.63, 3.8) is 0 Å². The SMILES string of the molecule is CC1CN(C(=O)C2CCN(C(=O)c3cc(-c4ccco4)n(-c4cccc(Cl)c4)n3)CC2)CC(C)O1. The van der Waals surface area contributed by atoms with Crippen LogP contribution in [0.3, 0.4) is 0 Å². The third kappa shape index (κ3) is 4.99. The van der Waals surface area contributed by atoms with Gasteiger partial charge in [0.05, 0.1) is 24.2 Å². The molecular formula is C26H29ClN4O4. The highest BCUT2D eigenvalue weighted by atomic mass is 35.5. The molecule has 2 fully saturated rings. The largest absolute Gasteiger partial charge is 0.463 e. The first-order valence-electron chi connectivity index (χ1n) is 12.0. The van der Waals surface area contributed by atoms with E-state index in [1.807, 2.05) is 36.9 Å². The number of furan rings is 1. The van der Waals surface area contributed by atoms with Crippen LogP contribution in [0.5, 0.6) is 0 Å². The lowest BCUT2D eigenvalue weighted by molar-refractivity contribution is -0.148. The summed E-state index contributed by atoms with van der Waals surface area (Å²) in [4.78, 5) is 30.2. The van der Waals surface area contributed by atoms with Crippen molar-refractivity contribution in [1.29, 1.82) is 0 Å². The number of likely N-dealkylation sites (tertiary alicyclic amines) is 1. The first-order valence-corrected chi connectivity index (χ1v) is 12.4. The number of nitrogens with zero attached hydrogens (tertiary/aromatic N) is 4. The molecule has 1 aromatic carbocycles. The summed E-state index contributed by atoms with van der Waals surface area (Å²) in [5.74, 6) is 0.552. The lowest BCUT2D eigenvalue weighted by Crippen LogP contribution is -2.51. The van der Waals surface area contributed by atoms with Gasteiger partial charge in [-0.05, 0) is 57.0 Å². The molecule has 2 aliphatic rings. The van der Waals surface area contributed by atoms with E-state index in [9.17, 15) is 9.59 Å². The van der Waals surface area contributed by atoms with Crippen molar-refractivity contribution in [1.82, 2.24) is 19.6 Å². The molecule has 8 nitrogen and oxygen atoms in total. The van der Waals surface area contributed by atoms with E-state index in [0.29, 0.717) is 61.2 Å². The molecule has 0 N–H and O–H groups in total. The fourth-order valence-electron chi connectivity index (χ4n) is 5.00. The molecule has 184 valence electrons. The van der Waals surface area contributed by atoms with Gasteiger partial charge in [-0.15, -0.1) is 0 Å². The molecule has 0 radical (unpaired) electrons. The van der Waals surface area contributed by atoms with Gasteiger partial charge < -0.3 is 19.0 Å². The third-order valence-electron chi connectivity index (χ3n) is 6.62. The monoisotopic (exact) mass is 496 g/mol. The number of carbonyl (C=O) groups excluding carboxylic acids is 2. The number of hydrogen-bond acceptors (Lipinski definition) is 5. The van der Waals surface area contributed by atoms with E-state index in [1.54, 1.807) is 40.1 Å². The fourth-order valence-corrected chi connectivity index (χ4v) is 5.18. The van der Waals surface area contributed by atoms with Crippen molar-refractivity contribution in [3.05, 3.63) is 59.4 Å².